The number of rotatable bonds is 8. The average Bonchev–Trinajstić information content (AvgIpc) is 3.10. The summed E-state index contributed by atoms with van der Waals surface area (Å²) >= 11 is 1.66. The number of nitrogens with two attached hydrogens (primary N) is 1. The van der Waals surface area contributed by atoms with E-state index >= 15 is 0 Å². The van der Waals surface area contributed by atoms with Crippen molar-refractivity contribution in [3.63, 3.8) is 0 Å². The summed E-state index contributed by atoms with van der Waals surface area (Å²) in [7, 11) is 0. The zero-order valence-electron chi connectivity index (χ0n) is 11.2. The van der Waals surface area contributed by atoms with Crippen LogP contribution in [0.2, 0.25) is 0 Å². The largest absolute Gasteiger partial charge is 0.409 e. The molecule has 0 aromatic heterocycles. The van der Waals surface area contributed by atoms with Crippen LogP contribution >= 0.6 is 11.8 Å². The Morgan fingerprint density at radius 2 is 2.06 bits per heavy atom. The fourth-order valence-electron chi connectivity index (χ4n) is 1.99. The number of thioether (sulfide) groups is 1. The molecule has 6 heteroatoms. The number of hydrogen-bond donors (Lipinski definition) is 2. The first-order chi connectivity index (χ1) is 8.56. The van der Waals surface area contributed by atoms with E-state index in [-0.39, 0.29) is 11.3 Å². The van der Waals surface area contributed by atoms with E-state index in [1.165, 1.54) is 0 Å². The first-order valence-electron chi connectivity index (χ1n) is 6.39. The first-order valence-corrected chi connectivity index (χ1v) is 7.54. The SMILES string of the molecule is CCN(CC)C(=O)CSCC1(CC(N)=NO)CC1. The second kappa shape index (κ2) is 6.87. The third-order valence-electron chi connectivity index (χ3n) is 3.39. The van der Waals surface area contributed by atoms with Gasteiger partial charge in [-0.3, -0.25) is 4.79 Å². The van der Waals surface area contributed by atoms with Crippen LogP contribution in [0.15, 0.2) is 5.16 Å². The van der Waals surface area contributed by atoms with E-state index in [0.29, 0.717) is 18.0 Å². The van der Waals surface area contributed by atoms with Crippen molar-refractivity contribution < 1.29 is 10.0 Å². The Labute approximate surface area is 113 Å². The molecule has 0 aromatic carbocycles. The summed E-state index contributed by atoms with van der Waals surface area (Å²) < 4.78 is 0. The van der Waals surface area contributed by atoms with Crippen molar-refractivity contribution in [2.24, 2.45) is 16.3 Å². The Balaban J connectivity index is 2.27. The zero-order valence-corrected chi connectivity index (χ0v) is 12.0. The van der Waals surface area contributed by atoms with Crippen LogP contribution in [0.25, 0.3) is 0 Å². The van der Waals surface area contributed by atoms with Crippen LogP contribution in [-0.4, -0.2) is 46.4 Å². The molecule has 1 aliphatic rings. The van der Waals surface area contributed by atoms with E-state index in [1.807, 2.05) is 18.7 Å². The van der Waals surface area contributed by atoms with Gasteiger partial charge in [0.2, 0.25) is 5.91 Å². The minimum Gasteiger partial charge on any atom is -0.409 e. The standard InChI is InChI=1S/C12H23N3O2S/c1-3-15(4-2)11(16)8-18-9-12(5-6-12)7-10(13)14-17/h17H,3-9H2,1-2H3,(H2,13,14). The lowest BCUT2D eigenvalue weighted by Gasteiger charge is -2.19. The van der Waals surface area contributed by atoms with E-state index in [9.17, 15) is 4.79 Å². The van der Waals surface area contributed by atoms with Gasteiger partial charge in [0.1, 0.15) is 5.84 Å². The van der Waals surface area contributed by atoms with Gasteiger partial charge in [0, 0.05) is 19.5 Å². The lowest BCUT2D eigenvalue weighted by Crippen LogP contribution is -2.32. The molecule has 5 nitrogen and oxygen atoms in total. The zero-order chi connectivity index (χ0) is 13.6. The number of carbonyl (C=O) groups is 1. The van der Waals surface area contributed by atoms with Gasteiger partial charge in [-0.05, 0) is 37.9 Å². The van der Waals surface area contributed by atoms with Gasteiger partial charge >= 0.3 is 0 Å². The Hall–Kier alpha value is -0.910. The van der Waals surface area contributed by atoms with E-state index in [4.69, 9.17) is 10.9 Å². The van der Waals surface area contributed by atoms with Gasteiger partial charge in [-0.1, -0.05) is 5.16 Å². The van der Waals surface area contributed by atoms with Gasteiger partial charge in [0.25, 0.3) is 0 Å². The topological polar surface area (TPSA) is 78.9 Å². The van der Waals surface area contributed by atoms with Crippen molar-refractivity contribution >= 4 is 23.5 Å². The average molecular weight is 273 g/mol. The summed E-state index contributed by atoms with van der Waals surface area (Å²) in [6.07, 6.45) is 2.85. The van der Waals surface area contributed by atoms with E-state index in [0.717, 1.165) is 31.7 Å². The molecule has 0 bridgehead atoms. The van der Waals surface area contributed by atoms with Gasteiger partial charge in [-0.2, -0.15) is 11.8 Å². The van der Waals surface area contributed by atoms with Gasteiger partial charge < -0.3 is 15.8 Å². The molecule has 0 heterocycles. The van der Waals surface area contributed by atoms with Crippen molar-refractivity contribution in [3.05, 3.63) is 0 Å². The minimum atomic E-state index is 0.171. The van der Waals surface area contributed by atoms with Gasteiger partial charge in [0.05, 0.1) is 5.75 Å². The van der Waals surface area contributed by atoms with Crippen LogP contribution in [0.1, 0.15) is 33.1 Å². The molecule has 1 aliphatic carbocycles. The maximum absolute atomic E-state index is 11.8. The molecule has 1 rings (SSSR count). The Morgan fingerprint density at radius 3 is 2.50 bits per heavy atom. The van der Waals surface area contributed by atoms with Crippen LogP contribution in [-0.2, 0) is 4.79 Å². The molecule has 0 spiro atoms. The third-order valence-corrected chi connectivity index (χ3v) is 4.66. The highest BCUT2D eigenvalue weighted by molar-refractivity contribution is 7.99. The summed E-state index contributed by atoms with van der Waals surface area (Å²) in [6, 6.07) is 0. The number of oxime groups is 1. The Bertz CT molecular complexity index is 312. The minimum absolute atomic E-state index is 0.171. The van der Waals surface area contributed by atoms with E-state index in [1.54, 1.807) is 11.8 Å². The first kappa shape index (κ1) is 15.1. The molecule has 0 saturated heterocycles. The highest BCUT2D eigenvalue weighted by Gasteiger charge is 2.43. The lowest BCUT2D eigenvalue weighted by atomic mass is 10.1. The predicted octanol–water partition coefficient (Wildman–Crippen LogP) is 1.50. The molecule has 0 aliphatic heterocycles. The summed E-state index contributed by atoms with van der Waals surface area (Å²) in [5.74, 6) is 1.93. The maximum atomic E-state index is 11.8. The molecular weight excluding hydrogens is 250 g/mol. The molecule has 0 unspecified atom stereocenters. The normalized spacial score (nSPS) is 17.6. The van der Waals surface area contributed by atoms with Crippen molar-refractivity contribution in [3.8, 4) is 0 Å². The quantitative estimate of drug-likeness (QED) is 0.304. The molecular formula is C12H23N3O2S. The molecule has 1 saturated carbocycles. The number of amidine groups is 1. The molecule has 0 aromatic rings. The highest BCUT2D eigenvalue weighted by atomic mass is 32.2. The van der Waals surface area contributed by atoms with Crippen LogP contribution in [0.3, 0.4) is 0 Å². The van der Waals surface area contributed by atoms with Crippen LogP contribution in [0.5, 0.6) is 0 Å². The number of nitrogens with zero attached hydrogens (tertiary/aromatic N) is 2. The summed E-state index contributed by atoms with van der Waals surface area (Å²) in [6.45, 7) is 5.52. The Kier molecular flexibility index (Phi) is 5.78. The van der Waals surface area contributed by atoms with Crippen LogP contribution < -0.4 is 5.73 Å². The fraction of sp³-hybridized carbons (Fsp3) is 0.833. The summed E-state index contributed by atoms with van der Waals surface area (Å²) in [4.78, 5) is 13.6. The molecule has 3 N–H and O–H groups in total. The van der Waals surface area contributed by atoms with E-state index < -0.39 is 0 Å². The van der Waals surface area contributed by atoms with Crippen LogP contribution in [0, 0.1) is 5.41 Å². The van der Waals surface area contributed by atoms with Gasteiger partial charge in [0.15, 0.2) is 0 Å². The highest BCUT2D eigenvalue weighted by Crippen LogP contribution is 2.50. The molecule has 18 heavy (non-hydrogen) atoms. The molecule has 104 valence electrons. The number of carbonyl (C=O) groups excluding carboxylic acids is 1. The van der Waals surface area contributed by atoms with Crippen molar-refractivity contribution in [2.75, 3.05) is 24.6 Å². The summed E-state index contributed by atoms with van der Waals surface area (Å²) in [5.41, 5.74) is 5.71. The summed E-state index contributed by atoms with van der Waals surface area (Å²) in [5, 5.41) is 11.6. The number of hydrogen-bond acceptors (Lipinski definition) is 4. The maximum Gasteiger partial charge on any atom is 0.232 e. The van der Waals surface area contributed by atoms with Crippen molar-refractivity contribution in [1.82, 2.24) is 4.90 Å². The fourth-order valence-corrected chi connectivity index (χ4v) is 3.27. The monoisotopic (exact) mass is 273 g/mol. The third kappa shape index (κ3) is 4.40. The number of amides is 1. The molecule has 1 amide bonds. The van der Waals surface area contributed by atoms with E-state index in [2.05, 4.69) is 5.16 Å². The molecule has 0 atom stereocenters. The molecule has 0 radical (unpaired) electrons. The second-order valence-corrected chi connectivity index (χ2v) is 5.81. The predicted molar refractivity (Wildman–Crippen MR) is 74.9 cm³/mol. The lowest BCUT2D eigenvalue weighted by molar-refractivity contribution is -0.127. The second-order valence-electron chi connectivity index (χ2n) is 4.83. The van der Waals surface area contributed by atoms with Gasteiger partial charge in [-0.15, -0.1) is 0 Å². The van der Waals surface area contributed by atoms with Gasteiger partial charge in [-0.25, -0.2) is 0 Å². The Morgan fingerprint density at radius 1 is 1.44 bits per heavy atom. The van der Waals surface area contributed by atoms with Crippen molar-refractivity contribution in [1.29, 1.82) is 0 Å². The van der Waals surface area contributed by atoms with Crippen molar-refractivity contribution in [2.45, 2.75) is 33.1 Å². The van der Waals surface area contributed by atoms with Crippen LogP contribution in [0.4, 0.5) is 0 Å². The smallest absolute Gasteiger partial charge is 0.232 e. The molecule has 1 fully saturated rings.